The fourth-order valence-corrected chi connectivity index (χ4v) is 4.88. The van der Waals surface area contributed by atoms with Crippen LogP contribution in [0.4, 0.5) is 0 Å². The van der Waals surface area contributed by atoms with Crippen molar-refractivity contribution >= 4 is 38.8 Å². The Morgan fingerprint density at radius 3 is 3.09 bits per heavy atom. The first-order valence-electron chi connectivity index (χ1n) is 7.71. The van der Waals surface area contributed by atoms with E-state index in [1.54, 1.807) is 0 Å². The SMILES string of the molecule is C(=Cc1csc2ccccc12)Cc1nc2c(s1)CCNCC2. The van der Waals surface area contributed by atoms with Crippen molar-refractivity contribution in [2.45, 2.75) is 19.3 Å². The van der Waals surface area contributed by atoms with E-state index in [-0.39, 0.29) is 0 Å². The molecular formula is C18H18N2S2. The molecule has 0 aliphatic carbocycles. The highest BCUT2D eigenvalue weighted by atomic mass is 32.1. The molecule has 0 amide bonds. The van der Waals surface area contributed by atoms with E-state index in [1.165, 1.54) is 31.2 Å². The third-order valence-electron chi connectivity index (χ3n) is 3.99. The molecule has 0 unspecified atom stereocenters. The Kier molecular flexibility index (Phi) is 4.06. The predicted octanol–water partition coefficient (Wildman–Crippen LogP) is 4.30. The van der Waals surface area contributed by atoms with Gasteiger partial charge >= 0.3 is 0 Å². The maximum absolute atomic E-state index is 4.82. The van der Waals surface area contributed by atoms with E-state index in [4.69, 9.17) is 4.98 Å². The van der Waals surface area contributed by atoms with Crippen LogP contribution in [0.1, 0.15) is 21.1 Å². The second-order valence-electron chi connectivity index (χ2n) is 5.52. The van der Waals surface area contributed by atoms with Gasteiger partial charge in [0.2, 0.25) is 0 Å². The molecule has 3 heterocycles. The highest BCUT2D eigenvalue weighted by Gasteiger charge is 2.12. The smallest absolute Gasteiger partial charge is 0.0968 e. The molecule has 1 aliphatic rings. The fraction of sp³-hybridized carbons (Fsp3) is 0.278. The van der Waals surface area contributed by atoms with E-state index in [9.17, 15) is 0 Å². The Morgan fingerprint density at radius 2 is 2.09 bits per heavy atom. The largest absolute Gasteiger partial charge is 0.316 e. The molecule has 0 spiro atoms. The number of nitrogens with zero attached hydrogens (tertiary/aromatic N) is 1. The topological polar surface area (TPSA) is 24.9 Å². The zero-order chi connectivity index (χ0) is 14.8. The Labute approximate surface area is 138 Å². The average Bonchev–Trinajstić information content (AvgIpc) is 3.06. The Balaban J connectivity index is 1.50. The van der Waals surface area contributed by atoms with Gasteiger partial charge in [0.1, 0.15) is 0 Å². The predicted molar refractivity (Wildman–Crippen MR) is 97.0 cm³/mol. The molecule has 4 rings (SSSR count). The first-order valence-corrected chi connectivity index (χ1v) is 9.41. The van der Waals surface area contributed by atoms with Gasteiger partial charge in [-0.1, -0.05) is 30.4 Å². The van der Waals surface area contributed by atoms with Gasteiger partial charge in [0.25, 0.3) is 0 Å². The number of fused-ring (bicyclic) bond motifs is 2. The summed E-state index contributed by atoms with van der Waals surface area (Å²) in [6, 6.07) is 8.59. The highest BCUT2D eigenvalue weighted by molar-refractivity contribution is 7.17. The van der Waals surface area contributed by atoms with Crippen LogP contribution in [0.15, 0.2) is 35.7 Å². The highest BCUT2D eigenvalue weighted by Crippen LogP contribution is 2.27. The minimum absolute atomic E-state index is 0.940. The molecule has 2 aromatic heterocycles. The van der Waals surface area contributed by atoms with Crippen LogP contribution in [-0.4, -0.2) is 18.1 Å². The first kappa shape index (κ1) is 14.1. The number of allylic oxidation sites excluding steroid dienone is 1. The van der Waals surface area contributed by atoms with Gasteiger partial charge in [0, 0.05) is 35.5 Å². The van der Waals surface area contributed by atoms with Gasteiger partial charge in [-0.05, 0) is 28.8 Å². The summed E-state index contributed by atoms with van der Waals surface area (Å²) >= 11 is 3.70. The van der Waals surface area contributed by atoms with Gasteiger partial charge in [0.05, 0.1) is 10.7 Å². The van der Waals surface area contributed by atoms with E-state index in [0.29, 0.717) is 0 Å². The summed E-state index contributed by atoms with van der Waals surface area (Å²) in [5.74, 6) is 0. The summed E-state index contributed by atoms with van der Waals surface area (Å²) in [5.41, 5.74) is 2.64. The number of hydrogen-bond acceptors (Lipinski definition) is 4. The Hall–Kier alpha value is -1.49. The number of thiophene rings is 1. The number of benzene rings is 1. The van der Waals surface area contributed by atoms with Crippen LogP contribution < -0.4 is 5.32 Å². The number of hydrogen-bond donors (Lipinski definition) is 1. The van der Waals surface area contributed by atoms with Crippen LogP contribution in [0.2, 0.25) is 0 Å². The molecule has 0 radical (unpaired) electrons. The molecule has 1 aliphatic heterocycles. The molecule has 3 aromatic rings. The average molecular weight is 326 g/mol. The van der Waals surface area contributed by atoms with Gasteiger partial charge in [-0.25, -0.2) is 4.98 Å². The number of aromatic nitrogens is 1. The number of thiazole rings is 1. The zero-order valence-corrected chi connectivity index (χ0v) is 14.0. The molecule has 0 saturated carbocycles. The second-order valence-corrected chi connectivity index (χ2v) is 7.60. The second kappa shape index (κ2) is 6.32. The Morgan fingerprint density at radius 1 is 1.18 bits per heavy atom. The van der Waals surface area contributed by atoms with Crippen LogP contribution in [0.5, 0.6) is 0 Å². The van der Waals surface area contributed by atoms with E-state index < -0.39 is 0 Å². The summed E-state index contributed by atoms with van der Waals surface area (Å²) in [5, 5.41) is 8.28. The van der Waals surface area contributed by atoms with E-state index >= 15 is 0 Å². The van der Waals surface area contributed by atoms with Crippen molar-refractivity contribution in [3.05, 3.63) is 56.9 Å². The van der Waals surface area contributed by atoms with Crippen molar-refractivity contribution in [3.8, 4) is 0 Å². The molecule has 22 heavy (non-hydrogen) atoms. The van der Waals surface area contributed by atoms with Crippen LogP contribution in [-0.2, 0) is 19.3 Å². The van der Waals surface area contributed by atoms with Crippen LogP contribution in [0.3, 0.4) is 0 Å². The molecular weight excluding hydrogens is 308 g/mol. The van der Waals surface area contributed by atoms with Gasteiger partial charge in [-0.3, -0.25) is 0 Å². The van der Waals surface area contributed by atoms with Gasteiger partial charge in [-0.15, -0.1) is 22.7 Å². The quantitative estimate of drug-likeness (QED) is 0.776. The molecule has 1 aromatic carbocycles. The zero-order valence-electron chi connectivity index (χ0n) is 12.3. The molecule has 0 atom stereocenters. The van der Waals surface area contributed by atoms with Gasteiger partial charge < -0.3 is 5.32 Å². The fourth-order valence-electron chi connectivity index (χ4n) is 2.86. The van der Waals surface area contributed by atoms with Crippen molar-refractivity contribution < 1.29 is 0 Å². The summed E-state index contributed by atoms with van der Waals surface area (Å²) in [6.45, 7) is 2.15. The molecule has 4 heteroatoms. The van der Waals surface area contributed by atoms with Crippen molar-refractivity contribution in [1.82, 2.24) is 10.3 Å². The Bertz CT molecular complexity index is 790. The maximum Gasteiger partial charge on any atom is 0.0968 e. The molecule has 1 N–H and O–H groups in total. The minimum Gasteiger partial charge on any atom is -0.316 e. The lowest BCUT2D eigenvalue weighted by atomic mass is 10.1. The van der Waals surface area contributed by atoms with Crippen molar-refractivity contribution in [2.75, 3.05) is 13.1 Å². The third-order valence-corrected chi connectivity index (χ3v) is 6.15. The monoisotopic (exact) mass is 326 g/mol. The van der Waals surface area contributed by atoms with E-state index in [2.05, 4.69) is 47.1 Å². The van der Waals surface area contributed by atoms with Crippen molar-refractivity contribution in [1.29, 1.82) is 0 Å². The lowest BCUT2D eigenvalue weighted by Gasteiger charge is -1.95. The molecule has 112 valence electrons. The molecule has 0 bridgehead atoms. The van der Waals surface area contributed by atoms with Gasteiger partial charge in [0.15, 0.2) is 0 Å². The van der Waals surface area contributed by atoms with E-state index in [1.807, 2.05) is 22.7 Å². The molecule has 0 fully saturated rings. The summed E-state index contributed by atoms with van der Waals surface area (Å²) in [4.78, 5) is 6.30. The first-order chi connectivity index (χ1) is 10.9. The van der Waals surface area contributed by atoms with Crippen molar-refractivity contribution in [2.24, 2.45) is 0 Å². The minimum atomic E-state index is 0.940. The number of nitrogens with one attached hydrogen (secondary N) is 1. The number of rotatable bonds is 3. The van der Waals surface area contributed by atoms with E-state index in [0.717, 1.165) is 32.4 Å². The lowest BCUT2D eigenvalue weighted by Crippen LogP contribution is -2.16. The standard InChI is InChI=1S/C18H18N2S2/c1-2-6-16-14(5-1)13(12-21-16)4-3-7-18-20-15-8-10-19-11-9-17(15)22-18/h1-6,12,19H,7-11H2. The van der Waals surface area contributed by atoms with Crippen molar-refractivity contribution in [3.63, 3.8) is 0 Å². The van der Waals surface area contributed by atoms with Crippen LogP contribution >= 0.6 is 22.7 Å². The summed E-state index contributed by atoms with van der Waals surface area (Å²) in [7, 11) is 0. The van der Waals surface area contributed by atoms with Crippen LogP contribution in [0, 0.1) is 0 Å². The summed E-state index contributed by atoms with van der Waals surface area (Å²) in [6.07, 6.45) is 7.64. The maximum atomic E-state index is 4.82. The van der Waals surface area contributed by atoms with Gasteiger partial charge in [-0.2, -0.15) is 0 Å². The third kappa shape index (κ3) is 2.86. The normalized spacial score (nSPS) is 15.3. The molecule has 2 nitrogen and oxygen atoms in total. The van der Waals surface area contributed by atoms with Crippen LogP contribution in [0.25, 0.3) is 16.2 Å². The lowest BCUT2D eigenvalue weighted by molar-refractivity contribution is 0.708. The molecule has 0 saturated heterocycles. The summed E-state index contributed by atoms with van der Waals surface area (Å²) < 4.78 is 1.36.